The lowest BCUT2D eigenvalue weighted by Crippen LogP contribution is -2.12. The number of nitrogens with zero attached hydrogens (tertiary/aromatic N) is 1. The quantitative estimate of drug-likeness (QED) is 0.754. The van der Waals surface area contributed by atoms with Crippen molar-refractivity contribution in [3.8, 4) is 5.75 Å². The van der Waals surface area contributed by atoms with E-state index in [0.29, 0.717) is 23.6 Å². The summed E-state index contributed by atoms with van der Waals surface area (Å²) in [6.07, 6.45) is 0.831. The molecule has 0 fully saturated rings. The summed E-state index contributed by atoms with van der Waals surface area (Å²) in [4.78, 5) is 20.2. The maximum atomic E-state index is 12.5. The second-order valence-electron chi connectivity index (χ2n) is 5.15. The summed E-state index contributed by atoms with van der Waals surface area (Å²) in [5.74, 6) is 1.41. The van der Waals surface area contributed by atoms with Gasteiger partial charge in [0.05, 0.1) is 23.3 Å². The van der Waals surface area contributed by atoms with Crippen molar-refractivity contribution in [3.63, 3.8) is 0 Å². The largest absolute Gasteiger partial charge is 0.492 e. The molecule has 0 aliphatic carbocycles. The SMILES string of the molecule is CCOc1ccccc1NC(=O)c1ccc2nc(CC)[nH]c2c1. The van der Waals surface area contributed by atoms with Crippen LogP contribution in [-0.4, -0.2) is 22.5 Å². The van der Waals surface area contributed by atoms with Crippen molar-refractivity contribution in [2.75, 3.05) is 11.9 Å². The zero-order chi connectivity index (χ0) is 16.2. The van der Waals surface area contributed by atoms with Gasteiger partial charge in [-0.1, -0.05) is 19.1 Å². The highest BCUT2D eigenvalue weighted by Gasteiger charge is 2.11. The molecule has 2 N–H and O–H groups in total. The first-order chi connectivity index (χ1) is 11.2. The minimum absolute atomic E-state index is 0.174. The van der Waals surface area contributed by atoms with Gasteiger partial charge in [-0.25, -0.2) is 4.98 Å². The predicted molar refractivity (Wildman–Crippen MR) is 91.0 cm³/mol. The lowest BCUT2D eigenvalue weighted by atomic mass is 10.2. The van der Waals surface area contributed by atoms with Gasteiger partial charge in [0.25, 0.3) is 5.91 Å². The number of amides is 1. The van der Waals surface area contributed by atoms with Gasteiger partial charge in [0.2, 0.25) is 0 Å². The van der Waals surface area contributed by atoms with Crippen LogP contribution in [0.5, 0.6) is 5.75 Å². The summed E-state index contributed by atoms with van der Waals surface area (Å²) < 4.78 is 5.53. The number of nitrogens with one attached hydrogen (secondary N) is 2. The van der Waals surface area contributed by atoms with Crippen molar-refractivity contribution < 1.29 is 9.53 Å². The van der Waals surface area contributed by atoms with E-state index in [4.69, 9.17) is 4.74 Å². The molecule has 0 radical (unpaired) electrons. The Morgan fingerprint density at radius 3 is 2.83 bits per heavy atom. The molecule has 3 rings (SSSR count). The van der Waals surface area contributed by atoms with Crippen LogP contribution in [-0.2, 0) is 6.42 Å². The van der Waals surface area contributed by atoms with E-state index in [1.165, 1.54) is 0 Å². The van der Waals surface area contributed by atoms with E-state index in [1.807, 2.05) is 50.2 Å². The number of imidazole rings is 1. The lowest BCUT2D eigenvalue weighted by molar-refractivity contribution is 0.102. The number of anilines is 1. The van der Waals surface area contributed by atoms with Crippen molar-refractivity contribution in [1.82, 2.24) is 9.97 Å². The number of rotatable bonds is 5. The molecule has 0 bridgehead atoms. The van der Waals surface area contributed by atoms with Crippen LogP contribution in [0.25, 0.3) is 11.0 Å². The number of aryl methyl sites for hydroxylation is 1. The average molecular weight is 309 g/mol. The number of fused-ring (bicyclic) bond motifs is 1. The Labute approximate surface area is 134 Å². The maximum absolute atomic E-state index is 12.5. The first-order valence-electron chi connectivity index (χ1n) is 7.73. The van der Waals surface area contributed by atoms with Crippen molar-refractivity contribution in [2.45, 2.75) is 20.3 Å². The van der Waals surface area contributed by atoms with E-state index in [9.17, 15) is 4.79 Å². The molecule has 5 heteroatoms. The molecule has 0 saturated carbocycles. The highest BCUT2D eigenvalue weighted by Crippen LogP contribution is 2.24. The number of carbonyl (C=O) groups is 1. The Hall–Kier alpha value is -2.82. The Balaban J connectivity index is 1.86. The van der Waals surface area contributed by atoms with Crippen LogP contribution in [0.4, 0.5) is 5.69 Å². The van der Waals surface area contributed by atoms with E-state index >= 15 is 0 Å². The molecule has 118 valence electrons. The number of carbonyl (C=O) groups excluding carboxylic acids is 1. The van der Waals surface area contributed by atoms with E-state index < -0.39 is 0 Å². The molecule has 3 aromatic rings. The Morgan fingerprint density at radius 1 is 1.22 bits per heavy atom. The monoisotopic (exact) mass is 309 g/mol. The van der Waals surface area contributed by atoms with Crippen LogP contribution >= 0.6 is 0 Å². The first-order valence-corrected chi connectivity index (χ1v) is 7.73. The molecule has 2 aromatic carbocycles. The molecule has 0 aliphatic heterocycles. The molecule has 0 spiro atoms. The topological polar surface area (TPSA) is 67.0 Å². The summed E-state index contributed by atoms with van der Waals surface area (Å²) in [6.45, 7) is 4.50. The zero-order valence-electron chi connectivity index (χ0n) is 13.2. The third-order valence-electron chi connectivity index (χ3n) is 3.56. The van der Waals surface area contributed by atoms with Crippen LogP contribution in [0.3, 0.4) is 0 Å². The van der Waals surface area contributed by atoms with Gasteiger partial charge in [-0.3, -0.25) is 4.79 Å². The van der Waals surface area contributed by atoms with Crippen molar-refractivity contribution in [3.05, 3.63) is 53.9 Å². The van der Waals surface area contributed by atoms with Crippen LogP contribution in [0.15, 0.2) is 42.5 Å². The van der Waals surface area contributed by atoms with E-state index in [0.717, 1.165) is 23.3 Å². The molecule has 1 aromatic heterocycles. The van der Waals surface area contributed by atoms with Gasteiger partial charge in [-0.05, 0) is 37.3 Å². The van der Waals surface area contributed by atoms with Gasteiger partial charge in [-0.2, -0.15) is 0 Å². The molecule has 0 saturated heterocycles. The summed E-state index contributed by atoms with van der Waals surface area (Å²) in [5.41, 5.74) is 2.98. The minimum Gasteiger partial charge on any atom is -0.492 e. The van der Waals surface area contributed by atoms with E-state index in [-0.39, 0.29) is 5.91 Å². The second-order valence-corrected chi connectivity index (χ2v) is 5.15. The fraction of sp³-hybridized carbons (Fsp3) is 0.222. The predicted octanol–water partition coefficient (Wildman–Crippen LogP) is 3.78. The number of aromatic amines is 1. The number of H-pyrrole nitrogens is 1. The molecule has 1 heterocycles. The molecular weight excluding hydrogens is 290 g/mol. The molecule has 1 amide bonds. The average Bonchev–Trinajstić information content (AvgIpc) is 2.99. The van der Waals surface area contributed by atoms with E-state index in [1.54, 1.807) is 6.07 Å². The summed E-state index contributed by atoms with van der Waals surface area (Å²) >= 11 is 0. The number of hydrogen-bond acceptors (Lipinski definition) is 3. The number of aromatic nitrogens is 2. The fourth-order valence-electron chi connectivity index (χ4n) is 2.42. The standard InChI is InChI=1S/C18H19N3O2/c1-3-17-19-13-10-9-12(11-15(13)20-17)18(22)21-14-7-5-6-8-16(14)23-4-2/h5-11H,3-4H2,1-2H3,(H,19,20)(H,21,22). The number of para-hydroxylation sites is 2. The Bertz CT molecular complexity index is 839. The van der Waals surface area contributed by atoms with Crippen LogP contribution in [0.2, 0.25) is 0 Å². The van der Waals surface area contributed by atoms with Gasteiger partial charge < -0.3 is 15.0 Å². The summed E-state index contributed by atoms with van der Waals surface area (Å²) in [7, 11) is 0. The van der Waals surface area contributed by atoms with Crippen LogP contribution < -0.4 is 10.1 Å². The Morgan fingerprint density at radius 2 is 2.04 bits per heavy atom. The zero-order valence-corrected chi connectivity index (χ0v) is 13.2. The highest BCUT2D eigenvalue weighted by molar-refractivity contribution is 6.06. The van der Waals surface area contributed by atoms with Crippen LogP contribution in [0, 0.1) is 0 Å². The third kappa shape index (κ3) is 3.18. The molecular formula is C18H19N3O2. The van der Waals surface area contributed by atoms with Crippen molar-refractivity contribution in [1.29, 1.82) is 0 Å². The van der Waals surface area contributed by atoms with Gasteiger partial charge in [0.15, 0.2) is 0 Å². The smallest absolute Gasteiger partial charge is 0.255 e. The number of hydrogen-bond donors (Lipinski definition) is 2. The minimum atomic E-state index is -0.174. The summed E-state index contributed by atoms with van der Waals surface area (Å²) in [6, 6.07) is 12.9. The molecule has 0 atom stereocenters. The molecule has 23 heavy (non-hydrogen) atoms. The second kappa shape index (κ2) is 6.52. The molecule has 0 aliphatic rings. The van der Waals surface area contributed by atoms with Crippen molar-refractivity contribution in [2.24, 2.45) is 0 Å². The van der Waals surface area contributed by atoms with Gasteiger partial charge in [0, 0.05) is 12.0 Å². The number of ether oxygens (including phenoxy) is 1. The van der Waals surface area contributed by atoms with Gasteiger partial charge in [0.1, 0.15) is 11.6 Å². The lowest BCUT2D eigenvalue weighted by Gasteiger charge is -2.11. The molecule has 0 unspecified atom stereocenters. The van der Waals surface area contributed by atoms with Crippen molar-refractivity contribution >= 4 is 22.6 Å². The molecule has 5 nitrogen and oxygen atoms in total. The number of benzene rings is 2. The van der Waals surface area contributed by atoms with E-state index in [2.05, 4.69) is 15.3 Å². The third-order valence-corrected chi connectivity index (χ3v) is 3.56. The normalized spacial score (nSPS) is 10.7. The maximum Gasteiger partial charge on any atom is 0.255 e. The first kappa shape index (κ1) is 15.1. The Kier molecular flexibility index (Phi) is 4.28. The van der Waals surface area contributed by atoms with Crippen LogP contribution in [0.1, 0.15) is 30.0 Å². The fourth-order valence-corrected chi connectivity index (χ4v) is 2.42. The van der Waals surface area contributed by atoms with Gasteiger partial charge >= 0.3 is 0 Å². The summed E-state index contributed by atoms with van der Waals surface area (Å²) in [5, 5.41) is 2.90. The van der Waals surface area contributed by atoms with Gasteiger partial charge in [-0.15, -0.1) is 0 Å². The highest BCUT2D eigenvalue weighted by atomic mass is 16.5.